The molecule has 0 amide bonds. The maximum atomic E-state index is 12.3. The third-order valence-corrected chi connectivity index (χ3v) is 5.82. The fraction of sp³-hybridized carbons (Fsp3) is 0.350. The molecule has 1 aliphatic heterocycles. The van der Waals surface area contributed by atoms with E-state index in [0.717, 1.165) is 30.2 Å². The van der Waals surface area contributed by atoms with Crippen molar-refractivity contribution < 1.29 is 0 Å². The van der Waals surface area contributed by atoms with Gasteiger partial charge in [-0.1, -0.05) is 24.1 Å². The first-order chi connectivity index (χ1) is 12.7. The summed E-state index contributed by atoms with van der Waals surface area (Å²) in [5.74, 6) is 1.41. The van der Waals surface area contributed by atoms with Crippen molar-refractivity contribution in [2.45, 2.75) is 38.9 Å². The number of pyridine rings is 3. The molecule has 0 radical (unpaired) electrons. The zero-order valence-electron chi connectivity index (χ0n) is 14.4. The van der Waals surface area contributed by atoms with Crippen LogP contribution in [0.3, 0.4) is 0 Å². The third kappa shape index (κ3) is 2.58. The summed E-state index contributed by atoms with van der Waals surface area (Å²) in [6.07, 6.45) is 7.48. The lowest BCUT2D eigenvalue weighted by atomic mass is 9.85. The summed E-state index contributed by atoms with van der Waals surface area (Å²) in [7, 11) is 0. The maximum Gasteiger partial charge on any atom is 0.191 e. The van der Waals surface area contributed by atoms with Crippen LogP contribution in [0.4, 0.5) is 5.82 Å². The number of rotatable bonds is 3. The number of hydrogen-bond acceptors (Lipinski definition) is 4. The van der Waals surface area contributed by atoms with Crippen molar-refractivity contribution in [1.82, 2.24) is 14.5 Å². The van der Waals surface area contributed by atoms with Gasteiger partial charge in [-0.3, -0.25) is 9.78 Å². The number of halogens is 1. The Balaban J connectivity index is 1.59. The fourth-order valence-electron chi connectivity index (χ4n) is 3.86. The Labute approximate surface area is 156 Å². The van der Waals surface area contributed by atoms with Crippen molar-refractivity contribution in [1.29, 1.82) is 0 Å². The minimum Gasteiger partial charge on any atom is -0.345 e. The second kappa shape index (κ2) is 6.09. The van der Waals surface area contributed by atoms with E-state index in [1.165, 1.54) is 24.8 Å². The van der Waals surface area contributed by atoms with Gasteiger partial charge in [0.1, 0.15) is 5.65 Å². The molecule has 0 bridgehead atoms. The van der Waals surface area contributed by atoms with Crippen molar-refractivity contribution in [3.05, 3.63) is 63.2 Å². The van der Waals surface area contributed by atoms with E-state index in [9.17, 15) is 4.79 Å². The maximum absolute atomic E-state index is 12.3. The van der Waals surface area contributed by atoms with Gasteiger partial charge in [0, 0.05) is 31.5 Å². The Kier molecular flexibility index (Phi) is 3.71. The first kappa shape index (κ1) is 15.8. The van der Waals surface area contributed by atoms with Crippen LogP contribution in [0.15, 0.2) is 41.5 Å². The Morgan fingerprint density at radius 2 is 2.12 bits per heavy atom. The standard InChI is InChI=1S/C20H19ClN4O/c21-16-9-15-18(26)6-8-24(10-13-3-1-4-13)19(15)23-20(16)25-11-14-5-2-7-22-17(14)12-25/h2,5-9,13H,1,3-4,10-12H2. The number of fused-ring (bicyclic) bond motifs is 2. The molecule has 2 aliphatic rings. The van der Waals surface area contributed by atoms with Gasteiger partial charge in [-0.05, 0) is 36.5 Å². The summed E-state index contributed by atoms with van der Waals surface area (Å²) in [6.45, 7) is 2.34. The lowest BCUT2D eigenvalue weighted by Crippen LogP contribution is -2.22. The molecule has 4 heterocycles. The highest BCUT2D eigenvalue weighted by Crippen LogP contribution is 2.33. The van der Waals surface area contributed by atoms with Crippen molar-refractivity contribution in [3.8, 4) is 0 Å². The monoisotopic (exact) mass is 366 g/mol. The van der Waals surface area contributed by atoms with E-state index in [4.69, 9.17) is 16.6 Å². The average Bonchev–Trinajstić information content (AvgIpc) is 3.03. The van der Waals surface area contributed by atoms with Gasteiger partial charge < -0.3 is 9.47 Å². The van der Waals surface area contributed by atoms with Crippen LogP contribution < -0.4 is 10.3 Å². The summed E-state index contributed by atoms with van der Waals surface area (Å²) in [5.41, 5.74) is 2.96. The summed E-state index contributed by atoms with van der Waals surface area (Å²) in [5, 5.41) is 1.11. The Bertz CT molecular complexity index is 1030. The normalized spacial score (nSPS) is 16.7. The van der Waals surface area contributed by atoms with Crippen LogP contribution in [0.1, 0.15) is 30.5 Å². The number of anilines is 1. The molecule has 3 aromatic rings. The molecule has 5 rings (SSSR count). The summed E-state index contributed by atoms with van der Waals surface area (Å²) in [4.78, 5) is 23.7. The number of nitrogens with zero attached hydrogens (tertiary/aromatic N) is 4. The van der Waals surface area contributed by atoms with Gasteiger partial charge in [0.05, 0.1) is 22.6 Å². The van der Waals surface area contributed by atoms with Gasteiger partial charge in [-0.2, -0.15) is 0 Å². The minimum atomic E-state index is -0.0304. The highest BCUT2D eigenvalue weighted by Gasteiger charge is 2.24. The fourth-order valence-corrected chi connectivity index (χ4v) is 4.13. The van der Waals surface area contributed by atoms with E-state index >= 15 is 0 Å². The third-order valence-electron chi connectivity index (χ3n) is 5.55. The second-order valence-electron chi connectivity index (χ2n) is 7.26. The minimum absolute atomic E-state index is 0.0304. The molecule has 132 valence electrons. The van der Waals surface area contributed by atoms with Gasteiger partial charge in [0.2, 0.25) is 0 Å². The molecule has 3 aromatic heterocycles. The van der Waals surface area contributed by atoms with E-state index < -0.39 is 0 Å². The van der Waals surface area contributed by atoms with Gasteiger partial charge in [0.25, 0.3) is 0 Å². The zero-order chi connectivity index (χ0) is 17.7. The first-order valence-corrected chi connectivity index (χ1v) is 9.44. The molecule has 0 aromatic carbocycles. The van der Waals surface area contributed by atoms with Gasteiger partial charge in [-0.15, -0.1) is 0 Å². The zero-order valence-corrected chi connectivity index (χ0v) is 15.1. The Hall–Kier alpha value is -2.40. The molecule has 6 heteroatoms. The molecule has 0 atom stereocenters. The molecule has 0 saturated heterocycles. The predicted molar refractivity (Wildman–Crippen MR) is 102 cm³/mol. The van der Waals surface area contributed by atoms with Crippen LogP contribution in [0, 0.1) is 5.92 Å². The van der Waals surface area contributed by atoms with Crippen molar-refractivity contribution in [2.24, 2.45) is 5.92 Å². The van der Waals surface area contributed by atoms with E-state index in [0.29, 0.717) is 22.9 Å². The van der Waals surface area contributed by atoms with Crippen LogP contribution in [-0.2, 0) is 19.6 Å². The van der Waals surface area contributed by atoms with Crippen molar-refractivity contribution >= 4 is 28.5 Å². The first-order valence-electron chi connectivity index (χ1n) is 9.06. The molecule has 5 nitrogen and oxygen atoms in total. The summed E-state index contributed by atoms with van der Waals surface area (Å²) >= 11 is 6.52. The van der Waals surface area contributed by atoms with Crippen molar-refractivity contribution in [3.63, 3.8) is 0 Å². The van der Waals surface area contributed by atoms with Crippen LogP contribution in [-0.4, -0.2) is 14.5 Å². The molecule has 1 fully saturated rings. The van der Waals surface area contributed by atoms with Crippen LogP contribution in [0.5, 0.6) is 0 Å². The van der Waals surface area contributed by atoms with E-state index in [-0.39, 0.29) is 5.43 Å². The van der Waals surface area contributed by atoms with E-state index in [1.54, 1.807) is 12.1 Å². The van der Waals surface area contributed by atoms with Gasteiger partial charge in [0.15, 0.2) is 11.2 Å². The number of aromatic nitrogens is 3. The van der Waals surface area contributed by atoms with Crippen LogP contribution >= 0.6 is 11.6 Å². The topological polar surface area (TPSA) is 51.0 Å². The Morgan fingerprint density at radius 3 is 2.88 bits per heavy atom. The van der Waals surface area contributed by atoms with Crippen LogP contribution in [0.2, 0.25) is 5.02 Å². The second-order valence-corrected chi connectivity index (χ2v) is 7.67. The Morgan fingerprint density at radius 1 is 1.23 bits per heavy atom. The molecule has 1 aliphatic carbocycles. The van der Waals surface area contributed by atoms with Crippen LogP contribution in [0.25, 0.3) is 11.0 Å². The average molecular weight is 367 g/mol. The van der Waals surface area contributed by atoms with Crippen molar-refractivity contribution in [2.75, 3.05) is 4.90 Å². The molecule has 26 heavy (non-hydrogen) atoms. The smallest absolute Gasteiger partial charge is 0.191 e. The lowest BCUT2D eigenvalue weighted by molar-refractivity contribution is 0.279. The molecule has 1 saturated carbocycles. The largest absolute Gasteiger partial charge is 0.345 e. The predicted octanol–water partition coefficient (Wildman–Crippen LogP) is 3.77. The summed E-state index contributed by atoms with van der Waals surface area (Å²) in [6, 6.07) is 7.43. The van der Waals surface area contributed by atoms with Gasteiger partial charge in [-0.25, -0.2) is 4.98 Å². The lowest BCUT2D eigenvalue weighted by Gasteiger charge is -2.27. The molecule has 0 unspecified atom stereocenters. The highest BCUT2D eigenvalue weighted by molar-refractivity contribution is 6.33. The molecule has 0 N–H and O–H groups in total. The molecular formula is C20H19ClN4O. The SMILES string of the molecule is O=c1ccn(CC2CCC2)c2nc(N3Cc4cccnc4C3)c(Cl)cc12. The van der Waals surface area contributed by atoms with E-state index in [2.05, 4.69) is 20.5 Å². The molecule has 0 spiro atoms. The number of hydrogen-bond donors (Lipinski definition) is 0. The quantitative estimate of drug-likeness (QED) is 0.708. The van der Waals surface area contributed by atoms with E-state index in [1.807, 2.05) is 18.5 Å². The summed E-state index contributed by atoms with van der Waals surface area (Å²) < 4.78 is 2.11. The molecular weight excluding hydrogens is 348 g/mol. The van der Waals surface area contributed by atoms with Gasteiger partial charge >= 0.3 is 0 Å². The highest BCUT2D eigenvalue weighted by atomic mass is 35.5.